The Hall–Kier alpha value is -4.20. The molecule has 3 aromatic carbocycles. The summed E-state index contributed by atoms with van der Waals surface area (Å²) >= 11 is 0. The van der Waals surface area contributed by atoms with Crippen molar-refractivity contribution in [3.8, 4) is 17.2 Å². The fourth-order valence-corrected chi connectivity index (χ4v) is 5.27. The summed E-state index contributed by atoms with van der Waals surface area (Å²) in [6.45, 7) is 9.86. The Morgan fingerprint density at radius 3 is 2.08 bits per heavy atom. The summed E-state index contributed by atoms with van der Waals surface area (Å²) in [4.78, 5) is 24.2. The van der Waals surface area contributed by atoms with Crippen LogP contribution in [0.3, 0.4) is 0 Å². The summed E-state index contributed by atoms with van der Waals surface area (Å²) in [6.07, 6.45) is 0.403. The van der Waals surface area contributed by atoms with E-state index in [1.54, 1.807) is 12.1 Å². The molecular weight excluding hydrogens is 484 g/mol. The van der Waals surface area contributed by atoms with Crippen molar-refractivity contribution < 1.29 is 28.9 Å². The molecule has 198 valence electrons. The van der Waals surface area contributed by atoms with Crippen LogP contribution in [0.4, 0.5) is 11.4 Å². The van der Waals surface area contributed by atoms with E-state index in [-0.39, 0.29) is 13.0 Å². The molecule has 8 nitrogen and oxygen atoms in total. The van der Waals surface area contributed by atoms with Gasteiger partial charge in [-0.1, -0.05) is 0 Å². The highest BCUT2D eigenvalue weighted by Crippen LogP contribution is 2.58. The van der Waals surface area contributed by atoms with Gasteiger partial charge in [0.25, 0.3) is 0 Å². The van der Waals surface area contributed by atoms with Crippen LogP contribution >= 0.6 is 0 Å². The van der Waals surface area contributed by atoms with Crippen LogP contribution in [0.25, 0.3) is 0 Å². The predicted octanol–water partition coefficient (Wildman–Crippen LogP) is 5.98. The van der Waals surface area contributed by atoms with E-state index in [0.717, 1.165) is 46.7 Å². The van der Waals surface area contributed by atoms with Gasteiger partial charge in [0.15, 0.2) is 5.60 Å². The highest BCUT2D eigenvalue weighted by atomic mass is 16.6. The number of rotatable bonds is 9. The van der Waals surface area contributed by atoms with E-state index in [2.05, 4.69) is 10.6 Å². The molecule has 0 radical (unpaired) electrons. The number of ether oxygens (including phenoxy) is 3. The number of carbonyl (C=O) groups excluding carboxylic acids is 1. The maximum atomic E-state index is 13.3. The number of carbonyl (C=O) groups is 2. The van der Waals surface area contributed by atoms with Gasteiger partial charge < -0.3 is 30.0 Å². The van der Waals surface area contributed by atoms with Crippen molar-refractivity contribution in [3.63, 3.8) is 0 Å². The van der Waals surface area contributed by atoms with Gasteiger partial charge in [0.1, 0.15) is 17.2 Å². The van der Waals surface area contributed by atoms with Crippen LogP contribution in [-0.2, 0) is 15.1 Å². The summed E-state index contributed by atoms with van der Waals surface area (Å²) in [6, 6.07) is 13.2. The van der Waals surface area contributed by atoms with Crippen molar-refractivity contribution in [3.05, 3.63) is 75.8 Å². The van der Waals surface area contributed by atoms with Crippen molar-refractivity contribution in [2.45, 2.75) is 46.1 Å². The standard InChI is InChI=1S/C30H32N2O6/c1-5-31-24-15-26-22(12-17(24)3)30(23-13-18(4)25(32-6-2)16-27(23)37-26)21-14-19(36-11-7-8-28(33)34)9-10-20(21)29(35)38-30/h9-10,12-16,31-32H,5-8,11H2,1-4H3,(H,33,34). The number of anilines is 2. The molecule has 1 spiro atoms. The maximum absolute atomic E-state index is 13.3. The van der Waals surface area contributed by atoms with Crippen LogP contribution < -0.4 is 20.1 Å². The monoisotopic (exact) mass is 516 g/mol. The molecule has 0 aromatic heterocycles. The van der Waals surface area contributed by atoms with Crippen molar-refractivity contribution in [1.82, 2.24) is 0 Å². The number of carboxylic acid groups (broad SMARTS) is 1. The fraction of sp³-hybridized carbons (Fsp3) is 0.333. The molecule has 0 saturated carbocycles. The lowest BCUT2D eigenvalue weighted by atomic mass is 9.76. The zero-order valence-electron chi connectivity index (χ0n) is 22.1. The Morgan fingerprint density at radius 2 is 1.53 bits per heavy atom. The first-order valence-corrected chi connectivity index (χ1v) is 13.0. The smallest absolute Gasteiger partial charge is 0.340 e. The molecule has 0 fully saturated rings. The lowest BCUT2D eigenvalue weighted by Crippen LogP contribution is -2.33. The van der Waals surface area contributed by atoms with E-state index in [9.17, 15) is 9.59 Å². The Bertz CT molecular complexity index is 1370. The van der Waals surface area contributed by atoms with E-state index in [0.29, 0.717) is 34.8 Å². The van der Waals surface area contributed by atoms with Crippen LogP contribution in [0, 0.1) is 13.8 Å². The molecular formula is C30H32N2O6. The van der Waals surface area contributed by atoms with Gasteiger partial charge in [-0.2, -0.15) is 0 Å². The number of aliphatic carboxylic acids is 1. The number of carboxylic acids is 1. The normalized spacial score (nSPS) is 14.2. The number of esters is 1. The molecule has 3 N–H and O–H groups in total. The molecule has 38 heavy (non-hydrogen) atoms. The van der Waals surface area contributed by atoms with Crippen molar-refractivity contribution in [1.29, 1.82) is 0 Å². The minimum absolute atomic E-state index is 0.0232. The van der Waals surface area contributed by atoms with Gasteiger partial charge in [-0.3, -0.25) is 4.79 Å². The quantitative estimate of drug-likeness (QED) is 0.236. The number of aryl methyl sites for hydroxylation is 2. The minimum atomic E-state index is -1.22. The van der Waals surface area contributed by atoms with E-state index in [1.165, 1.54) is 0 Å². The van der Waals surface area contributed by atoms with Gasteiger partial charge >= 0.3 is 11.9 Å². The zero-order valence-corrected chi connectivity index (χ0v) is 22.1. The van der Waals surface area contributed by atoms with E-state index >= 15 is 0 Å². The Labute approximate surface area is 221 Å². The van der Waals surface area contributed by atoms with Gasteiger partial charge in [0.05, 0.1) is 12.2 Å². The first-order valence-electron chi connectivity index (χ1n) is 13.0. The van der Waals surface area contributed by atoms with Gasteiger partial charge in [-0.05, 0) is 75.6 Å². The third-order valence-corrected chi connectivity index (χ3v) is 7.01. The van der Waals surface area contributed by atoms with Crippen molar-refractivity contribution >= 4 is 23.3 Å². The summed E-state index contributed by atoms with van der Waals surface area (Å²) < 4.78 is 18.7. The lowest BCUT2D eigenvalue weighted by molar-refractivity contribution is -0.137. The van der Waals surface area contributed by atoms with E-state index in [1.807, 2.05) is 58.0 Å². The topological polar surface area (TPSA) is 106 Å². The highest BCUT2D eigenvalue weighted by molar-refractivity contribution is 5.97. The molecule has 5 rings (SSSR count). The van der Waals surface area contributed by atoms with Crippen molar-refractivity contribution in [2.24, 2.45) is 0 Å². The summed E-state index contributed by atoms with van der Waals surface area (Å²) in [5.74, 6) is 0.481. The molecule has 0 saturated heterocycles. The number of fused-ring (bicyclic) bond motifs is 6. The van der Waals surface area contributed by atoms with Crippen molar-refractivity contribution in [2.75, 3.05) is 30.3 Å². The number of nitrogens with one attached hydrogen (secondary N) is 2. The second-order valence-corrected chi connectivity index (χ2v) is 9.61. The molecule has 2 aliphatic heterocycles. The van der Waals surface area contributed by atoms with Gasteiger partial charge in [0.2, 0.25) is 0 Å². The second-order valence-electron chi connectivity index (χ2n) is 9.61. The number of benzene rings is 3. The molecule has 2 heterocycles. The predicted molar refractivity (Wildman–Crippen MR) is 145 cm³/mol. The number of hydrogen-bond acceptors (Lipinski definition) is 7. The van der Waals surface area contributed by atoms with E-state index in [4.69, 9.17) is 19.3 Å². The average Bonchev–Trinajstić information content (AvgIpc) is 3.17. The van der Waals surface area contributed by atoms with E-state index < -0.39 is 17.5 Å². The van der Waals surface area contributed by atoms with Gasteiger partial charge in [0, 0.05) is 59.7 Å². The summed E-state index contributed by atoms with van der Waals surface area (Å²) in [5.41, 5.74) is 5.31. The summed E-state index contributed by atoms with van der Waals surface area (Å²) in [7, 11) is 0. The first kappa shape index (κ1) is 25.4. The van der Waals surface area contributed by atoms with Crippen LogP contribution in [-0.4, -0.2) is 36.7 Å². The molecule has 3 aromatic rings. The molecule has 0 atom stereocenters. The molecule has 0 bridgehead atoms. The molecule has 2 aliphatic rings. The SMILES string of the molecule is CCNc1cc2c(cc1C)C1(OC(=O)c3ccc(OCCCC(=O)O)cc31)c1cc(C)c(NCC)cc1O2. The second kappa shape index (κ2) is 9.93. The molecule has 0 aliphatic carbocycles. The summed E-state index contributed by atoms with van der Waals surface area (Å²) in [5, 5.41) is 15.7. The number of hydrogen-bond donors (Lipinski definition) is 3. The third kappa shape index (κ3) is 4.20. The average molecular weight is 517 g/mol. The minimum Gasteiger partial charge on any atom is -0.494 e. The molecule has 0 amide bonds. The Kier molecular flexibility index (Phi) is 6.65. The third-order valence-electron chi connectivity index (χ3n) is 7.01. The maximum Gasteiger partial charge on any atom is 0.340 e. The zero-order chi connectivity index (χ0) is 27.0. The first-order chi connectivity index (χ1) is 18.3. The van der Waals surface area contributed by atoms with Crippen LogP contribution in [0.1, 0.15) is 64.9 Å². The lowest BCUT2D eigenvalue weighted by Gasteiger charge is -2.37. The fourth-order valence-electron chi connectivity index (χ4n) is 5.27. The van der Waals surface area contributed by atoms with Crippen LogP contribution in [0.2, 0.25) is 0 Å². The van der Waals surface area contributed by atoms with Crippen LogP contribution in [0.5, 0.6) is 17.2 Å². The van der Waals surface area contributed by atoms with Gasteiger partial charge in [-0.25, -0.2) is 4.79 Å². The molecule has 8 heteroatoms. The largest absolute Gasteiger partial charge is 0.494 e. The van der Waals surface area contributed by atoms with Gasteiger partial charge in [-0.15, -0.1) is 0 Å². The Balaban J connectivity index is 1.70. The van der Waals surface area contributed by atoms with Crippen LogP contribution in [0.15, 0.2) is 42.5 Å². The highest BCUT2D eigenvalue weighted by Gasteiger charge is 2.54. The Morgan fingerprint density at radius 1 is 0.921 bits per heavy atom. The molecule has 0 unspecified atom stereocenters.